The number of halogens is 1. The molecule has 4 nitrogen and oxygen atoms in total. The second-order valence-electron chi connectivity index (χ2n) is 5.33. The van der Waals surface area contributed by atoms with Crippen molar-refractivity contribution in [2.45, 2.75) is 26.1 Å². The fourth-order valence-corrected chi connectivity index (χ4v) is 2.72. The van der Waals surface area contributed by atoms with Gasteiger partial charge in [0.1, 0.15) is 0 Å². The van der Waals surface area contributed by atoms with Crippen LogP contribution in [0.4, 0.5) is 0 Å². The Hall–Kier alpha value is -2.17. The fourth-order valence-electron chi connectivity index (χ4n) is 2.52. The lowest BCUT2D eigenvalue weighted by atomic mass is 10.0. The molecular weight excluding hydrogens is 308 g/mol. The zero-order chi connectivity index (χ0) is 16.1. The van der Waals surface area contributed by atoms with Gasteiger partial charge < -0.3 is 5.32 Å². The van der Waals surface area contributed by atoms with Crippen LogP contribution in [0.1, 0.15) is 29.8 Å². The Morgan fingerprint density at radius 2 is 2.13 bits per heavy atom. The van der Waals surface area contributed by atoms with E-state index in [1.807, 2.05) is 53.5 Å². The molecule has 3 rings (SSSR count). The highest BCUT2D eigenvalue weighted by Gasteiger charge is 2.15. The highest BCUT2D eigenvalue weighted by Crippen LogP contribution is 2.23. The molecular formula is C18H19ClN4. The minimum Gasteiger partial charge on any atom is -0.301 e. The molecule has 0 radical (unpaired) electrons. The third-order valence-electron chi connectivity index (χ3n) is 3.69. The molecule has 0 saturated heterocycles. The molecule has 23 heavy (non-hydrogen) atoms. The number of aryl methyl sites for hydroxylation is 1. The van der Waals surface area contributed by atoms with E-state index in [0.29, 0.717) is 6.54 Å². The van der Waals surface area contributed by atoms with Gasteiger partial charge in [-0.2, -0.15) is 5.10 Å². The first kappa shape index (κ1) is 15.7. The molecule has 3 aromatic rings. The van der Waals surface area contributed by atoms with E-state index in [0.717, 1.165) is 28.4 Å². The van der Waals surface area contributed by atoms with Crippen molar-refractivity contribution in [3.05, 3.63) is 82.9 Å². The molecule has 0 fully saturated rings. The van der Waals surface area contributed by atoms with E-state index in [4.69, 9.17) is 11.6 Å². The maximum absolute atomic E-state index is 6.15. The molecule has 1 atom stereocenters. The van der Waals surface area contributed by atoms with Crippen LogP contribution >= 0.6 is 11.6 Å². The van der Waals surface area contributed by atoms with E-state index in [2.05, 4.69) is 34.6 Å². The van der Waals surface area contributed by atoms with Gasteiger partial charge in [0.05, 0.1) is 17.9 Å². The highest BCUT2D eigenvalue weighted by atomic mass is 35.5. The maximum atomic E-state index is 6.15. The first-order valence-corrected chi connectivity index (χ1v) is 8.05. The Kier molecular flexibility index (Phi) is 5.05. The third-order valence-corrected chi connectivity index (χ3v) is 3.92. The van der Waals surface area contributed by atoms with Crippen molar-refractivity contribution >= 4 is 11.6 Å². The smallest absolute Gasteiger partial charge is 0.0754 e. The average Bonchev–Trinajstić information content (AvgIpc) is 3.04. The summed E-state index contributed by atoms with van der Waals surface area (Å²) in [6, 6.07) is 13.8. The van der Waals surface area contributed by atoms with Crippen LogP contribution in [0, 0.1) is 0 Å². The predicted molar refractivity (Wildman–Crippen MR) is 92.3 cm³/mol. The quantitative estimate of drug-likeness (QED) is 0.748. The molecule has 0 aliphatic carbocycles. The molecule has 0 aliphatic heterocycles. The molecule has 0 unspecified atom stereocenters. The minimum atomic E-state index is -0.0140. The van der Waals surface area contributed by atoms with Crippen molar-refractivity contribution < 1.29 is 0 Å². The van der Waals surface area contributed by atoms with Gasteiger partial charge in [-0.1, -0.05) is 29.8 Å². The second-order valence-corrected chi connectivity index (χ2v) is 5.76. The minimum absolute atomic E-state index is 0.0140. The first-order chi connectivity index (χ1) is 11.3. The van der Waals surface area contributed by atoms with Crippen LogP contribution in [0.5, 0.6) is 0 Å². The monoisotopic (exact) mass is 326 g/mol. The van der Waals surface area contributed by atoms with Crippen molar-refractivity contribution in [1.29, 1.82) is 0 Å². The van der Waals surface area contributed by atoms with E-state index in [-0.39, 0.29) is 6.04 Å². The Bertz CT molecular complexity index is 754. The summed E-state index contributed by atoms with van der Waals surface area (Å²) in [6.45, 7) is 3.67. The number of nitrogens with one attached hydrogen (secondary N) is 1. The standard InChI is InChI=1S/C18H19ClN4/c1-2-23-13-14(12-22-23)11-21-18(17-8-3-4-9-20-17)15-6-5-7-16(19)10-15/h3-10,12-13,18,21H,2,11H2,1H3/t18-/m1/s1. The number of benzene rings is 1. The normalized spacial score (nSPS) is 12.3. The van der Waals surface area contributed by atoms with Gasteiger partial charge >= 0.3 is 0 Å². The summed E-state index contributed by atoms with van der Waals surface area (Å²) >= 11 is 6.15. The van der Waals surface area contributed by atoms with Crippen LogP contribution in [-0.2, 0) is 13.1 Å². The van der Waals surface area contributed by atoms with Gasteiger partial charge in [0.25, 0.3) is 0 Å². The Balaban J connectivity index is 1.83. The summed E-state index contributed by atoms with van der Waals surface area (Å²) in [6.07, 6.45) is 5.76. The molecule has 1 N–H and O–H groups in total. The van der Waals surface area contributed by atoms with Gasteiger partial charge in [-0.3, -0.25) is 9.67 Å². The fraction of sp³-hybridized carbons (Fsp3) is 0.222. The molecule has 0 spiro atoms. The summed E-state index contributed by atoms with van der Waals surface area (Å²) in [7, 11) is 0. The molecule has 118 valence electrons. The van der Waals surface area contributed by atoms with Crippen molar-refractivity contribution in [3.8, 4) is 0 Å². The van der Waals surface area contributed by atoms with E-state index >= 15 is 0 Å². The van der Waals surface area contributed by atoms with Crippen molar-refractivity contribution in [1.82, 2.24) is 20.1 Å². The molecule has 0 amide bonds. The number of hydrogen-bond acceptors (Lipinski definition) is 3. The lowest BCUT2D eigenvalue weighted by molar-refractivity contribution is 0.590. The summed E-state index contributed by atoms with van der Waals surface area (Å²) in [5.41, 5.74) is 3.21. The predicted octanol–water partition coefficient (Wildman–Crippen LogP) is 3.83. The number of aromatic nitrogens is 3. The molecule has 1 aromatic carbocycles. The van der Waals surface area contributed by atoms with Gasteiger partial charge in [-0.05, 0) is 36.8 Å². The van der Waals surface area contributed by atoms with E-state index < -0.39 is 0 Å². The van der Waals surface area contributed by atoms with Crippen molar-refractivity contribution in [2.24, 2.45) is 0 Å². The van der Waals surface area contributed by atoms with Crippen LogP contribution in [-0.4, -0.2) is 14.8 Å². The van der Waals surface area contributed by atoms with E-state index in [1.54, 1.807) is 0 Å². The molecule has 0 bridgehead atoms. The van der Waals surface area contributed by atoms with Gasteiger partial charge in [-0.15, -0.1) is 0 Å². The summed E-state index contributed by atoms with van der Waals surface area (Å²) in [5.74, 6) is 0. The van der Waals surface area contributed by atoms with Crippen LogP contribution < -0.4 is 5.32 Å². The van der Waals surface area contributed by atoms with Gasteiger partial charge in [0.2, 0.25) is 0 Å². The Morgan fingerprint density at radius 1 is 1.22 bits per heavy atom. The summed E-state index contributed by atoms with van der Waals surface area (Å²) in [5, 5.41) is 8.60. The molecule has 2 heterocycles. The average molecular weight is 327 g/mol. The first-order valence-electron chi connectivity index (χ1n) is 7.67. The molecule has 5 heteroatoms. The van der Waals surface area contributed by atoms with Gasteiger partial charge in [-0.25, -0.2) is 0 Å². The largest absolute Gasteiger partial charge is 0.301 e. The summed E-state index contributed by atoms with van der Waals surface area (Å²) in [4.78, 5) is 4.49. The lowest BCUT2D eigenvalue weighted by Crippen LogP contribution is -2.22. The van der Waals surface area contributed by atoms with E-state index in [1.165, 1.54) is 0 Å². The van der Waals surface area contributed by atoms with Crippen molar-refractivity contribution in [2.75, 3.05) is 0 Å². The van der Waals surface area contributed by atoms with Crippen LogP contribution in [0.15, 0.2) is 61.1 Å². The molecule has 0 aliphatic rings. The number of pyridine rings is 1. The number of nitrogens with zero attached hydrogens (tertiary/aromatic N) is 3. The van der Waals surface area contributed by atoms with E-state index in [9.17, 15) is 0 Å². The Morgan fingerprint density at radius 3 is 2.83 bits per heavy atom. The Labute approximate surface area is 141 Å². The lowest BCUT2D eigenvalue weighted by Gasteiger charge is -2.18. The molecule has 0 saturated carbocycles. The van der Waals surface area contributed by atoms with Gasteiger partial charge in [0.15, 0.2) is 0 Å². The highest BCUT2D eigenvalue weighted by molar-refractivity contribution is 6.30. The molecule has 2 aromatic heterocycles. The second kappa shape index (κ2) is 7.40. The van der Waals surface area contributed by atoms with Crippen LogP contribution in [0.2, 0.25) is 5.02 Å². The van der Waals surface area contributed by atoms with Crippen molar-refractivity contribution in [3.63, 3.8) is 0 Å². The maximum Gasteiger partial charge on any atom is 0.0754 e. The third kappa shape index (κ3) is 3.97. The zero-order valence-electron chi connectivity index (χ0n) is 13.0. The van der Waals surface area contributed by atoms with Crippen LogP contribution in [0.3, 0.4) is 0 Å². The van der Waals surface area contributed by atoms with Gasteiger partial charge in [0, 0.05) is 36.1 Å². The number of hydrogen-bond donors (Lipinski definition) is 1. The summed E-state index contributed by atoms with van der Waals surface area (Å²) < 4.78 is 1.92. The topological polar surface area (TPSA) is 42.7 Å². The zero-order valence-corrected chi connectivity index (χ0v) is 13.7. The van der Waals surface area contributed by atoms with Crippen LogP contribution in [0.25, 0.3) is 0 Å². The number of rotatable bonds is 6. The SMILES string of the molecule is CCn1cc(CN[C@H](c2cccc(Cl)c2)c2ccccn2)cn1.